The Balaban J connectivity index is 1.41. The summed E-state index contributed by atoms with van der Waals surface area (Å²) in [5.41, 5.74) is 5.83. The van der Waals surface area contributed by atoms with E-state index in [0.717, 1.165) is 41.3 Å². The van der Waals surface area contributed by atoms with Crippen LogP contribution in [-0.4, -0.2) is 15.9 Å². The summed E-state index contributed by atoms with van der Waals surface area (Å²) in [5.74, 6) is 3.47. The van der Waals surface area contributed by atoms with E-state index in [1.54, 1.807) is 6.33 Å². The van der Waals surface area contributed by atoms with Crippen LogP contribution in [0.25, 0.3) is 0 Å². The number of para-hydroxylation sites is 1. The van der Waals surface area contributed by atoms with E-state index in [9.17, 15) is 4.79 Å². The van der Waals surface area contributed by atoms with Crippen molar-refractivity contribution in [3.8, 4) is 12.3 Å². The molecule has 5 heteroatoms. The number of carbonyl (C=O) groups is 1. The Morgan fingerprint density at radius 3 is 2.86 bits per heavy atom. The van der Waals surface area contributed by atoms with Gasteiger partial charge in [-0.3, -0.25) is 4.79 Å². The molecule has 3 aromatic rings. The number of amides is 1. The first kappa shape index (κ1) is 17.4. The van der Waals surface area contributed by atoms with Crippen molar-refractivity contribution >= 4 is 23.1 Å². The van der Waals surface area contributed by atoms with Gasteiger partial charge in [0.15, 0.2) is 0 Å². The second-order valence-electron chi connectivity index (χ2n) is 7.64. The minimum atomic E-state index is -0.491. The number of nitrogens with one attached hydrogen (secondary N) is 2. The molecule has 2 aliphatic rings. The number of fused-ring (bicyclic) bond motifs is 3. The van der Waals surface area contributed by atoms with Gasteiger partial charge in [0.2, 0.25) is 5.91 Å². The molecule has 0 saturated heterocycles. The fourth-order valence-electron chi connectivity index (χ4n) is 4.43. The molecule has 1 aromatic heterocycles. The highest BCUT2D eigenvalue weighted by Gasteiger charge is 2.50. The normalized spacial score (nSPS) is 18.8. The average molecular weight is 380 g/mol. The molecule has 1 aliphatic carbocycles. The summed E-state index contributed by atoms with van der Waals surface area (Å²) >= 11 is 0. The van der Waals surface area contributed by atoms with Crippen LogP contribution in [0.5, 0.6) is 0 Å². The van der Waals surface area contributed by atoms with E-state index in [1.807, 2.05) is 30.3 Å². The van der Waals surface area contributed by atoms with Gasteiger partial charge in [-0.15, -0.1) is 12.3 Å². The number of aryl methyl sites for hydroxylation is 1. The number of anilines is 3. The smallest absolute Gasteiger partial charge is 0.235 e. The van der Waals surface area contributed by atoms with Crippen molar-refractivity contribution in [2.75, 3.05) is 10.6 Å². The summed E-state index contributed by atoms with van der Waals surface area (Å²) in [6.45, 7) is 0. The zero-order valence-corrected chi connectivity index (χ0v) is 15.9. The van der Waals surface area contributed by atoms with Crippen LogP contribution in [-0.2, 0) is 29.5 Å². The maximum atomic E-state index is 12.9. The summed E-state index contributed by atoms with van der Waals surface area (Å²) in [5, 5.41) is 6.41. The summed E-state index contributed by atoms with van der Waals surface area (Å²) in [6, 6.07) is 16.2. The predicted molar refractivity (Wildman–Crippen MR) is 113 cm³/mol. The van der Waals surface area contributed by atoms with Crippen molar-refractivity contribution < 1.29 is 4.79 Å². The molecule has 1 spiro atoms. The molecular weight excluding hydrogens is 360 g/mol. The van der Waals surface area contributed by atoms with Crippen LogP contribution in [0.2, 0.25) is 0 Å². The average Bonchev–Trinajstić information content (AvgIpc) is 3.24. The van der Waals surface area contributed by atoms with Gasteiger partial charge in [0, 0.05) is 36.0 Å². The third-order valence-corrected chi connectivity index (χ3v) is 5.84. The van der Waals surface area contributed by atoms with Gasteiger partial charge in [-0.25, -0.2) is 9.97 Å². The highest BCUT2D eigenvalue weighted by atomic mass is 16.2. The molecule has 2 aromatic carbocycles. The Morgan fingerprint density at radius 2 is 1.97 bits per heavy atom. The first-order chi connectivity index (χ1) is 14.2. The van der Waals surface area contributed by atoms with Crippen LogP contribution in [0.4, 0.5) is 17.2 Å². The quantitative estimate of drug-likeness (QED) is 0.676. The van der Waals surface area contributed by atoms with E-state index in [-0.39, 0.29) is 5.91 Å². The lowest BCUT2D eigenvalue weighted by atomic mass is 9.79. The molecule has 1 aliphatic heterocycles. The molecule has 29 heavy (non-hydrogen) atoms. The van der Waals surface area contributed by atoms with E-state index in [1.165, 1.54) is 11.1 Å². The lowest BCUT2D eigenvalue weighted by Crippen LogP contribution is -2.35. The number of benzene rings is 2. The van der Waals surface area contributed by atoms with Crippen molar-refractivity contribution in [2.24, 2.45) is 0 Å². The van der Waals surface area contributed by atoms with Crippen LogP contribution in [0.1, 0.15) is 28.8 Å². The van der Waals surface area contributed by atoms with Crippen LogP contribution in [0, 0.1) is 12.3 Å². The fraction of sp³-hybridized carbons (Fsp3) is 0.208. The van der Waals surface area contributed by atoms with Crippen molar-refractivity contribution in [1.29, 1.82) is 0 Å². The van der Waals surface area contributed by atoms with Gasteiger partial charge in [-0.2, -0.15) is 0 Å². The van der Waals surface area contributed by atoms with Gasteiger partial charge < -0.3 is 10.6 Å². The summed E-state index contributed by atoms with van der Waals surface area (Å²) in [6.07, 6.45) is 9.72. The lowest BCUT2D eigenvalue weighted by molar-refractivity contribution is -0.120. The molecule has 0 bridgehead atoms. The second-order valence-corrected chi connectivity index (χ2v) is 7.64. The highest BCUT2D eigenvalue weighted by molar-refractivity contribution is 6.07. The van der Waals surface area contributed by atoms with E-state index in [2.05, 4.69) is 44.7 Å². The molecule has 1 amide bonds. The van der Waals surface area contributed by atoms with Crippen molar-refractivity contribution in [3.63, 3.8) is 0 Å². The molecular formula is C24H20N4O. The van der Waals surface area contributed by atoms with Gasteiger partial charge in [-0.1, -0.05) is 24.3 Å². The van der Waals surface area contributed by atoms with E-state index < -0.39 is 5.41 Å². The van der Waals surface area contributed by atoms with Gasteiger partial charge in [0.05, 0.1) is 5.41 Å². The van der Waals surface area contributed by atoms with Crippen molar-refractivity contribution in [2.45, 2.75) is 31.1 Å². The van der Waals surface area contributed by atoms with Crippen LogP contribution >= 0.6 is 0 Å². The number of terminal acetylenes is 1. The maximum absolute atomic E-state index is 12.9. The molecule has 2 heterocycles. The third-order valence-electron chi connectivity index (χ3n) is 5.84. The minimum absolute atomic E-state index is 0.0957. The second kappa shape index (κ2) is 6.75. The first-order valence-electron chi connectivity index (χ1n) is 9.72. The van der Waals surface area contributed by atoms with Crippen LogP contribution in [0.3, 0.4) is 0 Å². The molecule has 1 unspecified atom stereocenters. The molecule has 0 radical (unpaired) electrons. The van der Waals surface area contributed by atoms with Crippen molar-refractivity contribution in [1.82, 2.24) is 9.97 Å². The van der Waals surface area contributed by atoms with E-state index in [0.29, 0.717) is 12.8 Å². The highest BCUT2D eigenvalue weighted by Crippen LogP contribution is 2.47. The molecule has 0 fully saturated rings. The van der Waals surface area contributed by atoms with E-state index >= 15 is 0 Å². The fourth-order valence-corrected chi connectivity index (χ4v) is 4.43. The number of rotatable bonds is 4. The first-order valence-corrected chi connectivity index (χ1v) is 9.72. The Kier molecular flexibility index (Phi) is 4.06. The minimum Gasteiger partial charge on any atom is -0.340 e. The van der Waals surface area contributed by atoms with Crippen molar-refractivity contribution in [3.05, 3.63) is 77.2 Å². The van der Waals surface area contributed by atoms with Gasteiger partial charge in [-0.05, 0) is 47.7 Å². The number of aromatic nitrogens is 2. The molecule has 5 nitrogen and oxygen atoms in total. The Labute approximate surface area is 169 Å². The van der Waals surface area contributed by atoms with Crippen LogP contribution < -0.4 is 10.6 Å². The standard InChI is InChI=1S/C24H20N4O/c1-2-3-6-18-12-22(26-15-25-18)27-19-10-9-16-13-24(14-17(16)11-19)20-7-4-5-8-21(20)28-23(24)29/h1,4-5,7-12,15H,3,6,13-14H2,(H,28,29)(H,25,26,27). The number of hydrogen-bond donors (Lipinski definition) is 2. The maximum Gasteiger partial charge on any atom is 0.235 e. The number of nitrogens with zero attached hydrogens (tertiary/aromatic N) is 2. The number of carbonyl (C=O) groups excluding carboxylic acids is 1. The van der Waals surface area contributed by atoms with Gasteiger partial charge in [0.25, 0.3) is 0 Å². The molecule has 5 rings (SSSR count). The van der Waals surface area contributed by atoms with Crippen LogP contribution in [0.15, 0.2) is 54.9 Å². The lowest BCUT2D eigenvalue weighted by Gasteiger charge is -2.20. The topological polar surface area (TPSA) is 66.9 Å². The SMILES string of the molecule is C#CCCc1cc(Nc2ccc3c(c2)CC2(C3)C(=O)Nc3ccccc32)ncn1. The molecule has 0 saturated carbocycles. The predicted octanol–water partition coefficient (Wildman–Crippen LogP) is 3.77. The summed E-state index contributed by atoms with van der Waals surface area (Å²) < 4.78 is 0. The largest absolute Gasteiger partial charge is 0.340 e. The van der Waals surface area contributed by atoms with Gasteiger partial charge in [0.1, 0.15) is 12.1 Å². The Bertz CT molecular complexity index is 1160. The molecule has 2 N–H and O–H groups in total. The monoisotopic (exact) mass is 380 g/mol. The van der Waals surface area contributed by atoms with Gasteiger partial charge >= 0.3 is 0 Å². The molecule has 142 valence electrons. The Morgan fingerprint density at radius 1 is 1.10 bits per heavy atom. The zero-order chi connectivity index (χ0) is 19.8. The summed E-state index contributed by atoms with van der Waals surface area (Å²) in [4.78, 5) is 21.4. The summed E-state index contributed by atoms with van der Waals surface area (Å²) in [7, 11) is 0. The molecule has 1 atom stereocenters. The number of hydrogen-bond acceptors (Lipinski definition) is 4. The third kappa shape index (κ3) is 2.94. The Hall–Kier alpha value is -3.65. The van der Waals surface area contributed by atoms with E-state index in [4.69, 9.17) is 6.42 Å². The zero-order valence-electron chi connectivity index (χ0n) is 15.9.